The van der Waals surface area contributed by atoms with Crippen LogP contribution in [0.2, 0.25) is 0 Å². The average Bonchev–Trinajstić information content (AvgIpc) is 2.43. The van der Waals surface area contributed by atoms with Crippen molar-refractivity contribution in [1.82, 2.24) is 4.72 Å². The average molecular weight is 312 g/mol. The summed E-state index contributed by atoms with van der Waals surface area (Å²) in [6, 6.07) is 5.55. The molecule has 0 atom stereocenters. The van der Waals surface area contributed by atoms with Gasteiger partial charge in [-0.25, -0.2) is 13.1 Å². The second-order valence-electron chi connectivity index (χ2n) is 4.11. The molecule has 7 nitrogen and oxygen atoms in total. The van der Waals surface area contributed by atoms with Crippen molar-refractivity contribution < 1.29 is 23.1 Å². The highest BCUT2D eigenvalue weighted by Crippen LogP contribution is 2.14. The Hall–Kier alpha value is -2.19. The third-order valence-electron chi connectivity index (χ3n) is 2.43. The molecule has 0 radical (unpaired) electrons. The summed E-state index contributed by atoms with van der Waals surface area (Å²) in [4.78, 5) is 21.8. The molecular formula is C13H16N2O5S. The Kier molecular flexibility index (Phi) is 6.07. The fourth-order valence-electron chi connectivity index (χ4n) is 1.41. The van der Waals surface area contributed by atoms with E-state index in [4.69, 9.17) is 5.11 Å². The first-order chi connectivity index (χ1) is 9.85. The molecule has 0 heterocycles. The predicted molar refractivity (Wildman–Crippen MR) is 77.3 cm³/mol. The van der Waals surface area contributed by atoms with Crippen molar-refractivity contribution in [3.63, 3.8) is 0 Å². The van der Waals surface area contributed by atoms with E-state index in [2.05, 4.69) is 16.6 Å². The number of anilines is 1. The largest absolute Gasteiger partial charge is 0.481 e. The molecule has 21 heavy (non-hydrogen) atoms. The highest BCUT2D eigenvalue weighted by atomic mass is 32.2. The van der Waals surface area contributed by atoms with Crippen LogP contribution in [0.1, 0.15) is 12.8 Å². The Morgan fingerprint density at radius 3 is 2.33 bits per heavy atom. The topological polar surface area (TPSA) is 113 Å². The lowest BCUT2D eigenvalue weighted by atomic mass is 10.2. The van der Waals surface area contributed by atoms with Gasteiger partial charge in [-0.15, -0.1) is 6.58 Å². The number of carbonyl (C=O) groups is 2. The minimum atomic E-state index is -3.60. The Morgan fingerprint density at radius 2 is 1.81 bits per heavy atom. The quantitative estimate of drug-likeness (QED) is 0.619. The van der Waals surface area contributed by atoms with Gasteiger partial charge in [0.1, 0.15) is 0 Å². The van der Waals surface area contributed by atoms with Crippen LogP contribution in [-0.4, -0.2) is 31.9 Å². The molecule has 0 spiro atoms. The van der Waals surface area contributed by atoms with E-state index in [9.17, 15) is 18.0 Å². The van der Waals surface area contributed by atoms with E-state index in [-0.39, 0.29) is 24.3 Å². The minimum absolute atomic E-state index is 0.0629. The number of nitrogens with one attached hydrogen (secondary N) is 2. The maximum absolute atomic E-state index is 11.8. The normalized spacial score (nSPS) is 10.9. The first-order valence-electron chi connectivity index (χ1n) is 6.07. The maximum atomic E-state index is 11.8. The Morgan fingerprint density at radius 1 is 1.19 bits per heavy atom. The lowest BCUT2D eigenvalue weighted by Crippen LogP contribution is -2.23. The van der Waals surface area contributed by atoms with Crippen molar-refractivity contribution in [3.8, 4) is 0 Å². The Balaban J connectivity index is 2.68. The van der Waals surface area contributed by atoms with Crippen molar-refractivity contribution >= 4 is 27.6 Å². The smallest absolute Gasteiger partial charge is 0.303 e. The number of carboxylic acids is 1. The lowest BCUT2D eigenvalue weighted by Gasteiger charge is -2.07. The summed E-state index contributed by atoms with van der Waals surface area (Å²) in [5.41, 5.74) is 0.396. The van der Waals surface area contributed by atoms with Crippen molar-refractivity contribution in [3.05, 3.63) is 36.9 Å². The first-order valence-corrected chi connectivity index (χ1v) is 7.56. The summed E-state index contributed by atoms with van der Waals surface area (Å²) in [6.45, 7) is 3.54. The number of carboxylic acid groups (broad SMARTS) is 1. The Labute approximate surface area is 122 Å². The standard InChI is InChI=1S/C13H16N2O5S/c1-2-9-14-21(19,20)11-5-3-10(4-6-11)15-12(16)7-8-13(17)18/h2-6,14H,1,7-9H2,(H,15,16)(H,17,18). The van der Waals surface area contributed by atoms with Crippen LogP contribution in [0.5, 0.6) is 0 Å². The zero-order chi connectivity index (χ0) is 15.9. The molecule has 0 bridgehead atoms. The molecule has 0 fully saturated rings. The molecule has 1 aromatic carbocycles. The van der Waals surface area contributed by atoms with Gasteiger partial charge >= 0.3 is 5.97 Å². The van der Waals surface area contributed by atoms with Crippen LogP contribution in [0.4, 0.5) is 5.69 Å². The molecule has 0 aliphatic carbocycles. The van der Waals surface area contributed by atoms with Crippen molar-refractivity contribution in [1.29, 1.82) is 0 Å². The monoisotopic (exact) mass is 312 g/mol. The number of hydrogen-bond acceptors (Lipinski definition) is 4. The summed E-state index contributed by atoms with van der Waals surface area (Å²) in [5.74, 6) is -1.50. The minimum Gasteiger partial charge on any atom is -0.481 e. The highest BCUT2D eigenvalue weighted by molar-refractivity contribution is 7.89. The molecule has 0 aliphatic heterocycles. The summed E-state index contributed by atoms with van der Waals surface area (Å²) in [6.07, 6.45) is 1.02. The van der Waals surface area contributed by atoms with E-state index in [1.165, 1.54) is 30.3 Å². The van der Waals surface area contributed by atoms with Gasteiger partial charge in [0.05, 0.1) is 11.3 Å². The van der Waals surface area contributed by atoms with Gasteiger partial charge in [0, 0.05) is 18.7 Å². The van der Waals surface area contributed by atoms with E-state index >= 15 is 0 Å². The molecular weight excluding hydrogens is 296 g/mol. The number of carbonyl (C=O) groups excluding carboxylic acids is 1. The second-order valence-corrected chi connectivity index (χ2v) is 5.87. The van der Waals surface area contributed by atoms with E-state index in [0.717, 1.165) is 0 Å². The number of hydrogen-bond donors (Lipinski definition) is 3. The molecule has 0 aliphatic rings. The molecule has 3 N–H and O–H groups in total. The zero-order valence-corrected chi connectivity index (χ0v) is 12.0. The number of amides is 1. The van der Waals surface area contributed by atoms with Crippen molar-refractivity contribution in [2.75, 3.05) is 11.9 Å². The van der Waals surface area contributed by atoms with E-state index in [0.29, 0.717) is 5.69 Å². The SMILES string of the molecule is C=CCNS(=O)(=O)c1ccc(NC(=O)CCC(=O)O)cc1. The summed E-state index contributed by atoms with van der Waals surface area (Å²) >= 11 is 0. The number of benzene rings is 1. The highest BCUT2D eigenvalue weighted by Gasteiger charge is 2.12. The molecule has 0 saturated heterocycles. The van der Waals surface area contributed by atoms with E-state index < -0.39 is 21.9 Å². The van der Waals surface area contributed by atoms with Gasteiger partial charge in [0.2, 0.25) is 15.9 Å². The van der Waals surface area contributed by atoms with Crippen LogP contribution in [0.15, 0.2) is 41.8 Å². The second kappa shape index (κ2) is 7.55. The van der Waals surface area contributed by atoms with Crippen LogP contribution in [0, 0.1) is 0 Å². The predicted octanol–water partition coefficient (Wildman–Crippen LogP) is 0.954. The van der Waals surface area contributed by atoms with Crippen LogP contribution >= 0.6 is 0 Å². The van der Waals surface area contributed by atoms with Gasteiger partial charge in [-0.1, -0.05) is 6.08 Å². The van der Waals surface area contributed by atoms with Gasteiger partial charge in [0.15, 0.2) is 0 Å². The maximum Gasteiger partial charge on any atom is 0.303 e. The molecule has 0 aromatic heterocycles. The molecule has 114 valence electrons. The number of aliphatic carboxylic acids is 1. The summed E-state index contributed by atoms with van der Waals surface area (Å²) < 4.78 is 25.9. The Bertz CT molecular complexity index is 622. The molecule has 8 heteroatoms. The van der Waals surface area contributed by atoms with Crippen LogP contribution < -0.4 is 10.0 Å². The molecule has 1 aromatic rings. The first kappa shape index (κ1) is 16.9. The van der Waals surface area contributed by atoms with E-state index in [1.807, 2.05) is 0 Å². The molecule has 0 unspecified atom stereocenters. The number of sulfonamides is 1. The van der Waals surface area contributed by atoms with Gasteiger partial charge in [-0.05, 0) is 24.3 Å². The third kappa shape index (κ3) is 5.76. The summed E-state index contributed by atoms with van der Waals surface area (Å²) in [7, 11) is -3.60. The molecule has 0 saturated carbocycles. The molecule has 1 amide bonds. The fraction of sp³-hybridized carbons (Fsp3) is 0.231. The van der Waals surface area contributed by atoms with E-state index in [1.54, 1.807) is 0 Å². The third-order valence-corrected chi connectivity index (χ3v) is 3.87. The van der Waals surface area contributed by atoms with Gasteiger partial charge in [-0.3, -0.25) is 9.59 Å². The molecule has 1 rings (SSSR count). The summed E-state index contributed by atoms with van der Waals surface area (Å²) in [5, 5.41) is 11.0. The zero-order valence-electron chi connectivity index (χ0n) is 11.2. The van der Waals surface area contributed by atoms with Gasteiger partial charge in [0.25, 0.3) is 0 Å². The fourth-order valence-corrected chi connectivity index (χ4v) is 2.41. The van der Waals surface area contributed by atoms with Crippen molar-refractivity contribution in [2.24, 2.45) is 0 Å². The number of rotatable bonds is 8. The van der Waals surface area contributed by atoms with Crippen LogP contribution in [0.25, 0.3) is 0 Å². The lowest BCUT2D eigenvalue weighted by molar-refractivity contribution is -0.138. The van der Waals surface area contributed by atoms with Gasteiger partial charge in [-0.2, -0.15) is 0 Å². The van der Waals surface area contributed by atoms with Crippen LogP contribution in [-0.2, 0) is 19.6 Å². The van der Waals surface area contributed by atoms with Gasteiger partial charge < -0.3 is 10.4 Å². The van der Waals surface area contributed by atoms with Crippen LogP contribution in [0.3, 0.4) is 0 Å². The van der Waals surface area contributed by atoms with Crippen molar-refractivity contribution in [2.45, 2.75) is 17.7 Å².